The summed E-state index contributed by atoms with van der Waals surface area (Å²) < 4.78 is 46.5. The maximum atomic E-state index is 12.4. The summed E-state index contributed by atoms with van der Waals surface area (Å²) in [5.74, 6) is -0.620. The molecule has 2 aromatic rings. The zero-order valence-corrected chi connectivity index (χ0v) is 10.2. The summed E-state index contributed by atoms with van der Waals surface area (Å²) in [6.07, 6.45) is -4.42. The number of aromatic nitrogens is 1. The summed E-state index contributed by atoms with van der Waals surface area (Å²) in [7, 11) is 1.36. The monoisotopic (exact) mass is 286 g/mol. The van der Waals surface area contributed by atoms with E-state index in [-0.39, 0.29) is 17.3 Å². The fourth-order valence-electron chi connectivity index (χ4n) is 1.40. The molecule has 8 heteroatoms. The van der Waals surface area contributed by atoms with Crippen LogP contribution in [-0.4, -0.2) is 18.2 Å². The Bertz CT molecular complexity index is 605. The SMILES string of the molecule is COc1cc(C(=O)Nc2ccc(C(F)(F)F)cc2)on1. The Labute approximate surface area is 111 Å². The van der Waals surface area contributed by atoms with Gasteiger partial charge < -0.3 is 14.6 Å². The van der Waals surface area contributed by atoms with Crippen LogP contribution in [0.15, 0.2) is 34.9 Å². The molecule has 1 heterocycles. The van der Waals surface area contributed by atoms with Gasteiger partial charge in [0.15, 0.2) is 0 Å². The van der Waals surface area contributed by atoms with Crippen molar-refractivity contribution in [1.29, 1.82) is 0 Å². The van der Waals surface area contributed by atoms with E-state index in [1.54, 1.807) is 0 Å². The smallest absolute Gasteiger partial charge is 0.416 e. The van der Waals surface area contributed by atoms with Crippen molar-refractivity contribution >= 4 is 11.6 Å². The number of ether oxygens (including phenoxy) is 1. The quantitative estimate of drug-likeness (QED) is 0.942. The van der Waals surface area contributed by atoms with Crippen LogP contribution in [0.5, 0.6) is 5.88 Å². The van der Waals surface area contributed by atoms with E-state index in [0.717, 1.165) is 24.3 Å². The molecule has 1 N–H and O–H groups in total. The Morgan fingerprint density at radius 1 is 1.30 bits per heavy atom. The second-order valence-electron chi connectivity index (χ2n) is 3.76. The molecule has 0 saturated heterocycles. The summed E-state index contributed by atoms with van der Waals surface area (Å²) in [6.45, 7) is 0. The molecule has 106 valence electrons. The van der Waals surface area contributed by atoms with Crippen LogP contribution in [0.3, 0.4) is 0 Å². The Balaban J connectivity index is 2.08. The molecule has 0 saturated carbocycles. The van der Waals surface area contributed by atoms with Crippen LogP contribution < -0.4 is 10.1 Å². The maximum Gasteiger partial charge on any atom is 0.416 e. The van der Waals surface area contributed by atoms with Gasteiger partial charge in [0.2, 0.25) is 5.76 Å². The first-order valence-corrected chi connectivity index (χ1v) is 5.39. The van der Waals surface area contributed by atoms with E-state index in [0.29, 0.717) is 0 Å². The molecule has 5 nitrogen and oxygen atoms in total. The van der Waals surface area contributed by atoms with Gasteiger partial charge in [-0.3, -0.25) is 4.79 Å². The van der Waals surface area contributed by atoms with Gasteiger partial charge >= 0.3 is 6.18 Å². The van der Waals surface area contributed by atoms with Gasteiger partial charge in [-0.1, -0.05) is 0 Å². The molecular formula is C12H9F3N2O3. The first-order chi connectivity index (χ1) is 9.40. The minimum Gasteiger partial charge on any atom is -0.479 e. The fraction of sp³-hybridized carbons (Fsp3) is 0.167. The van der Waals surface area contributed by atoms with Crippen LogP contribution in [0.25, 0.3) is 0 Å². The molecule has 0 aliphatic carbocycles. The van der Waals surface area contributed by atoms with E-state index in [1.807, 2.05) is 0 Å². The molecule has 0 atom stereocenters. The second kappa shape index (κ2) is 5.24. The van der Waals surface area contributed by atoms with Gasteiger partial charge in [-0.15, -0.1) is 0 Å². The highest BCUT2D eigenvalue weighted by Crippen LogP contribution is 2.29. The van der Waals surface area contributed by atoms with E-state index in [9.17, 15) is 18.0 Å². The van der Waals surface area contributed by atoms with E-state index < -0.39 is 17.6 Å². The van der Waals surface area contributed by atoms with Crippen molar-refractivity contribution in [3.05, 3.63) is 41.7 Å². The molecule has 0 aliphatic heterocycles. The predicted molar refractivity (Wildman–Crippen MR) is 62.5 cm³/mol. The molecule has 20 heavy (non-hydrogen) atoms. The van der Waals surface area contributed by atoms with Crippen molar-refractivity contribution in [2.45, 2.75) is 6.18 Å². The van der Waals surface area contributed by atoms with Crippen LogP contribution in [0.2, 0.25) is 0 Å². The van der Waals surface area contributed by atoms with Crippen LogP contribution in [0.1, 0.15) is 16.1 Å². The molecule has 0 bridgehead atoms. The van der Waals surface area contributed by atoms with Crippen molar-refractivity contribution in [2.24, 2.45) is 0 Å². The van der Waals surface area contributed by atoms with Gasteiger partial charge in [-0.05, 0) is 29.4 Å². The topological polar surface area (TPSA) is 64.4 Å². The number of rotatable bonds is 3. The number of hydrogen-bond donors (Lipinski definition) is 1. The zero-order chi connectivity index (χ0) is 14.8. The lowest BCUT2D eigenvalue weighted by atomic mass is 10.2. The largest absolute Gasteiger partial charge is 0.479 e. The van der Waals surface area contributed by atoms with Gasteiger partial charge in [-0.2, -0.15) is 13.2 Å². The van der Waals surface area contributed by atoms with Gasteiger partial charge in [0.1, 0.15) is 0 Å². The molecular weight excluding hydrogens is 277 g/mol. The third-order valence-corrected chi connectivity index (χ3v) is 2.39. The molecule has 0 unspecified atom stereocenters. The molecule has 0 aliphatic rings. The van der Waals surface area contributed by atoms with Crippen LogP contribution in [0, 0.1) is 0 Å². The lowest BCUT2D eigenvalue weighted by Gasteiger charge is -2.07. The second-order valence-corrected chi connectivity index (χ2v) is 3.76. The first-order valence-electron chi connectivity index (χ1n) is 5.39. The third-order valence-electron chi connectivity index (χ3n) is 2.39. The van der Waals surface area contributed by atoms with Crippen molar-refractivity contribution in [3.63, 3.8) is 0 Å². The van der Waals surface area contributed by atoms with Crippen LogP contribution in [0.4, 0.5) is 18.9 Å². The number of benzene rings is 1. The molecule has 2 rings (SSSR count). The number of nitrogens with one attached hydrogen (secondary N) is 1. The number of alkyl halides is 3. The normalized spacial score (nSPS) is 11.2. The Morgan fingerprint density at radius 2 is 1.95 bits per heavy atom. The predicted octanol–water partition coefficient (Wildman–Crippen LogP) is 2.95. The summed E-state index contributed by atoms with van der Waals surface area (Å²) in [6, 6.07) is 5.30. The lowest BCUT2D eigenvalue weighted by molar-refractivity contribution is -0.137. The molecule has 1 aromatic carbocycles. The van der Waals surface area contributed by atoms with Gasteiger partial charge in [0, 0.05) is 5.69 Å². The third kappa shape index (κ3) is 3.08. The highest BCUT2D eigenvalue weighted by molar-refractivity contribution is 6.02. The maximum absolute atomic E-state index is 12.4. The van der Waals surface area contributed by atoms with Crippen LogP contribution >= 0.6 is 0 Å². The highest BCUT2D eigenvalue weighted by atomic mass is 19.4. The number of halogens is 3. The fourth-order valence-corrected chi connectivity index (χ4v) is 1.40. The minimum absolute atomic E-state index is 0.109. The summed E-state index contributed by atoms with van der Waals surface area (Å²) in [5.41, 5.74) is -0.588. The Hall–Kier alpha value is -2.51. The van der Waals surface area contributed by atoms with Crippen molar-refractivity contribution < 1.29 is 27.2 Å². The highest BCUT2D eigenvalue weighted by Gasteiger charge is 2.30. The van der Waals surface area contributed by atoms with Gasteiger partial charge in [0.05, 0.1) is 18.7 Å². The summed E-state index contributed by atoms with van der Waals surface area (Å²) in [4.78, 5) is 11.7. The number of carbonyl (C=O) groups is 1. The van der Waals surface area contributed by atoms with Gasteiger partial charge in [0.25, 0.3) is 11.8 Å². The average molecular weight is 286 g/mol. The average Bonchev–Trinajstić information content (AvgIpc) is 2.87. The van der Waals surface area contributed by atoms with Crippen molar-refractivity contribution in [3.8, 4) is 5.88 Å². The van der Waals surface area contributed by atoms with Gasteiger partial charge in [-0.25, -0.2) is 0 Å². The summed E-state index contributed by atoms with van der Waals surface area (Å²) in [5, 5.41) is 5.82. The molecule has 1 aromatic heterocycles. The minimum atomic E-state index is -4.42. The standard InChI is InChI=1S/C12H9F3N2O3/c1-19-10-6-9(20-17-10)11(18)16-8-4-2-7(3-5-8)12(13,14)15/h2-6H,1H3,(H,16,18). The van der Waals surface area contributed by atoms with E-state index >= 15 is 0 Å². The zero-order valence-electron chi connectivity index (χ0n) is 10.2. The van der Waals surface area contributed by atoms with Crippen molar-refractivity contribution in [2.75, 3.05) is 12.4 Å². The Morgan fingerprint density at radius 3 is 2.45 bits per heavy atom. The number of carbonyl (C=O) groups excluding carboxylic acids is 1. The summed E-state index contributed by atoms with van der Waals surface area (Å²) >= 11 is 0. The molecule has 0 radical (unpaired) electrons. The van der Waals surface area contributed by atoms with E-state index in [2.05, 4.69) is 10.5 Å². The number of methoxy groups -OCH3 is 1. The molecule has 1 amide bonds. The number of amides is 1. The van der Waals surface area contributed by atoms with Crippen molar-refractivity contribution in [1.82, 2.24) is 5.16 Å². The first kappa shape index (κ1) is 13.9. The molecule has 0 spiro atoms. The number of hydrogen-bond acceptors (Lipinski definition) is 4. The Kier molecular flexibility index (Phi) is 3.64. The number of nitrogens with zero attached hydrogens (tertiary/aromatic N) is 1. The van der Waals surface area contributed by atoms with Crippen LogP contribution in [-0.2, 0) is 6.18 Å². The lowest BCUT2D eigenvalue weighted by Crippen LogP contribution is -2.11. The number of anilines is 1. The van der Waals surface area contributed by atoms with E-state index in [1.165, 1.54) is 13.2 Å². The molecule has 0 fully saturated rings. The van der Waals surface area contributed by atoms with E-state index in [4.69, 9.17) is 9.26 Å².